The molecule has 0 saturated heterocycles. The molecule has 7 heteroatoms. The third-order valence-electron chi connectivity index (χ3n) is 4.60. The van der Waals surface area contributed by atoms with Crippen LogP contribution in [0.4, 0.5) is 8.78 Å². The average molecular weight is 371 g/mol. The first-order valence-electron chi connectivity index (χ1n) is 8.74. The van der Waals surface area contributed by atoms with Crippen molar-refractivity contribution in [1.29, 1.82) is 5.41 Å². The quantitative estimate of drug-likeness (QED) is 0.357. The number of nitrogens with zero attached hydrogens (tertiary/aromatic N) is 1. The highest BCUT2D eigenvalue weighted by Gasteiger charge is 2.27. The second-order valence-electron chi connectivity index (χ2n) is 7.69. The van der Waals surface area contributed by atoms with E-state index in [0.29, 0.717) is 19.6 Å². The summed E-state index contributed by atoms with van der Waals surface area (Å²) in [4.78, 5) is 0. The fourth-order valence-electron chi connectivity index (χ4n) is 2.29. The van der Waals surface area contributed by atoms with Crippen molar-refractivity contribution in [3.8, 4) is 0 Å². The largest absolute Gasteiger partial charge is 0.379 e. The van der Waals surface area contributed by atoms with E-state index in [1.165, 1.54) is 13.8 Å². The zero-order valence-corrected chi connectivity index (χ0v) is 16.8. The van der Waals surface area contributed by atoms with Crippen LogP contribution in [0.3, 0.4) is 0 Å². The Labute approximate surface area is 155 Å². The van der Waals surface area contributed by atoms with Gasteiger partial charge in [-0.15, -0.1) is 0 Å². The first kappa shape index (κ1) is 22.4. The standard InChI is InChI=1S/C19H31F2N3O2/c1-12-14(20)15(21)13(2)17(16(12)22)24-23-10-8-19(5,6)26-11-9-18(3,4)25-7/h22-23H,8-11H2,1-7H3/b22-16?,24-17-. The van der Waals surface area contributed by atoms with Crippen LogP contribution >= 0.6 is 0 Å². The Kier molecular flexibility index (Phi) is 7.65. The van der Waals surface area contributed by atoms with Crippen molar-refractivity contribution in [3.05, 3.63) is 22.8 Å². The highest BCUT2D eigenvalue weighted by Crippen LogP contribution is 2.28. The van der Waals surface area contributed by atoms with E-state index in [1.807, 2.05) is 27.7 Å². The second-order valence-corrected chi connectivity index (χ2v) is 7.69. The summed E-state index contributed by atoms with van der Waals surface area (Å²) in [6.07, 6.45) is 1.44. The number of allylic oxidation sites excluding steroid dienone is 4. The molecule has 0 saturated carbocycles. The Morgan fingerprint density at radius 3 is 2.15 bits per heavy atom. The first-order chi connectivity index (χ1) is 11.9. The first-order valence-corrected chi connectivity index (χ1v) is 8.74. The topological polar surface area (TPSA) is 66.7 Å². The summed E-state index contributed by atoms with van der Waals surface area (Å²) in [6.45, 7) is 11.8. The molecule has 0 fully saturated rings. The van der Waals surface area contributed by atoms with Crippen LogP contribution in [0, 0.1) is 5.41 Å². The smallest absolute Gasteiger partial charge is 0.164 e. The Morgan fingerprint density at radius 2 is 1.58 bits per heavy atom. The molecule has 0 aromatic rings. The van der Waals surface area contributed by atoms with E-state index in [-0.39, 0.29) is 33.8 Å². The number of hydrogen-bond donors (Lipinski definition) is 2. The fraction of sp³-hybridized carbons (Fsp3) is 0.684. The molecule has 5 nitrogen and oxygen atoms in total. The van der Waals surface area contributed by atoms with E-state index >= 15 is 0 Å². The summed E-state index contributed by atoms with van der Waals surface area (Å²) in [5.74, 6) is -1.94. The van der Waals surface area contributed by atoms with Crippen LogP contribution in [0.2, 0.25) is 0 Å². The van der Waals surface area contributed by atoms with Gasteiger partial charge >= 0.3 is 0 Å². The lowest BCUT2D eigenvalue weighted by molar-refractivity contribution is -0.0607. The molecule has 0 aromatic heterocycles. The number of nitrogens with one attached hydrogen (secondary N) is 2. The van der Waals surface area contributed by atoms with Crippen molar-refractivity contribution in [2.24, 2.45) is 5.10 Å². The molecule has 0 aliphatic heterocycles. The van der Waals surface area contributed by atoms with Crippen molar-refractivity contribution < 1.29 is 18.3 Å². The third kappa shape index (κ3) is 5.99. The van der Waals surface area contributed by atoms with Gasteiger partial charge in [0.05, 0.1) is 23.5 Å². The van der Waals surface area contributed by atoms with E-state index in [9.17, 15) is 8.78 Å². The molecule has 0 atom stereocenters. The van der Waals surface area contributed by atoms with Crippen LogP contribution in [-0.4, -0.2) is 42.9 Å². The minimum absolute atomic E-state index is 0.0305. The molecule has 0 aromatic carbocycles. The molecule has 0 heterocycles. The highest BCUT2D eigenvalue weighted by molar-refractivity contribution is 6.53. The van der Waals surface area contributed by atoms with Gasteiger partial charge in [0.2, 0.25) is 0 Å². The lowest BCUT2D eigenvalue weighted by Crippen LogP contribution is -2.32. The maximum Gasteiger partial charge on any atom is 0.164 e. The van der Waals surface area contributed by atoms with Crippen LogP contribution in [0.25, 0.3) is 0 Å². The molecule has 1 aliphatic carbocycles. The molecule has 0 amide bonds. The number of halogens is 2. The van der Waals surface area contributed by atoms with Gasteiger partial charge in [-0.3, -0.25) is 5.41 Å². The Bertz CT molecular complexity index is 635. The van der Waals surface area contributed by atoms with Gasteiger partial charge in [-0.2, -0.15) is 5.10 Å². The van der Waals surface area contributed by atoms with Gasteiger partial charge in [0.1, 0.15) is 5.71 Å². The van der Waals surface area contributed by atoms with Crippen LogP contribution in [0.5, 0.6) is 0 Å². The normalized spacial score (nSPS) is 18.2. The minimum Gasteiger partial charge on any atom is -0.379 e. The Balaban J connectivity index is 2.55. The molecule has 1 aliphatic rings. The van der Waals surface area contributed by atoms with Crippen LogP contribution in [0.15, 0.2) is 27.9 Å². The number of hydrogen-bond acceptors (Lipinski definition) is 5. The SMILES string of the molecule is COC(C)(C)CCOC(C)(C)CCN/N=C1\C(=N)C(C)=C(F)C(F)=C1C. The van der Waals surface area contributed by atoms with Crippen molar-refractivity contribution in [2.75, 3.05) is 20.3 Å². The van der Waals surface area contributed by atoms with Gasteiger partial charge < -0.3 is 14.9 Å². The van der Waals surface area contributed by atoms with Crippen molar-refractivity contribution in [3.63, 3.8) is 0 Å². The molecular formula is C19H31F2N3O2. The highest BCUT2D eigenvalue weighted by atomic mass is 19.2. The summed E-state index contributed by atoms with van der Waals surface area (Å²) >= 11 is 0. The lowest BCUT2D eigenvalue weighted by atomic mass is 9.94. The van der Waals surface area contributed by atoms with E-state index in [1.54, 1.807) is 7.11 Å². The van der Waals surface area contributed by atoms with Gasteiger partial charge in [-0.05, 0) is 54.4 Å². The Hall–Kier alpha value is -1.60. The molecular weight excluding hydrogens is 340 g/mol. The summed E-state index contributed by atoms with van der Waals surface area (Å²) in [5, 5.41) is 12.0. The zero-order valence-electron chi connectivity index (χ0n) is 16.8. The number of ether oxygens (including phenoxy) is 2. The van der Waals surface area contributed by atoms with Gasteiger partial charge in [0.25, 0.3) is 0 Å². The van der Waals surface area contributed by atoms with Gasteiger partial charge in [0.15, 0.2) is 11.7 Å². The lowest BCUT2D eigenvalue weighted by Gasteiger charge is -2.28. The van der Waals surface area contributed by atoms with E-state index < -0.39 is 11.7 Å². The maximum absolute atomic E-state index is 13.8. The second kappa shape index (κ2) is 8.86. The van der Waals surface area contributed by atoms with Crippen molar-refractivity contribution in [1.82, 2.24) is 5.43 Å². The molecule has 0 spiro atoms. The fourth-order valence-corrected chi connectivity index (χ4v) is 2.29. The molecule has 2 N–H and O–H groups in total. The van der Waals surface area contributed by atoms with E-state index in [2.05, 4.69) is 10.5 Å². The summed E-state index contributed by atoms with van der Waals surface area (Å²) in [7, 11) is 1.68. The van der Waals surface area contributed by atoms with Gasteiger partial charge in [-0.25, -0.2) is 8.78 Å². The zero-order chi connectivity index (χ0) is 20.1. The molecule has 26 heavy (non-hydrogen) atoms. The van der Waals surface area contributed by atoms with Crippen LogP contribution in [0.1, 0.15) is 54.4 Å². The summed E-state index contributed by atoms with van der Waals surface area (Å²) < 4.78 is 38.7. The summed E-state index contributed by atoms with van der Waals surface area (Å²) in [5.41, 5.74) is 2.26. The number of methoxy groups -OCH3 is 1. The molecule has 0 bridgehead atoms. The van der Waals surface area contributed by atoms with Crippen LogP contribution in [-0.2, 0) is 9.47 Å². The summed E-state index contributed by atoms with van der Waals surface area (Å²) in [6, 6.07) is 0. The molecule has 0 radical (unpaired) electrons. The maximum atomic E-state index is 13.8. The Morgan fingerprint density at radius 1 is 1.00 bits per heavy atom. The predicted octanol–water partition coefficient (Wildman–Crippen LogP) is 4.45. The minimum atomic E-state index is -0.986. The monoisotopic (exact) mass is 371 g/mol. The van der Waals surface area contributed by atoms with Crippen molar-refractivity contribution in [2.45, 2.75) is 65.6 Å². The van der Waals surface area contributed by atoms with E-state index in [0.717, 1.165) is 6.42 Å². The predicted molar refractivity (Wildman–Crippen MR) is 101 cm³/mol. The average Bonchev–Trinajstić information content (AvgIpc) is 2.57. The third-order valence-corrected chi connectivity index (χ3v) is 4.60. The molecule has 0 unspecified atom stereocenters. The van der Waals surface area contributed by atoms with Gasteiger partial charge in [0, 0.05) is 24.8 Å². The molecule has 1 rings (SSSR count). The number of hydrazone groups is 1. The van der Waals surface area contributed by atoms with Crippen molar-refractivity contribution >= 4 is 11.4 Å². The van der Waals surface area contributed by atoms with Crippen LogP contribution < -0.4 is 5.43 Å². The number of rotatable bonds is 9. The van der Waals surface area contributed by atoms with Gasteiger partial charge in [-0.1, -0.05) is 0 Å². The van der Waals surface area contributed by atoms with E-state index in [4.69, 9.17) is 14.9 Å². The molecule has 148 valence electrons.